The molecule has 1 fully saturated rings. The van der Waals surface area contributed by atoms with E-state index in [0.717, 1.165) is 0 Å². The summed E-state index contributed by atoms with van der Waals surface area (Å²) < 4.78 is 64.8. The summed E-state index contributed by atoms with van der Waals surface area (Å²) in [6, 6.07) is 4.63. The molecule has 9 heteroatoms. The van der Waals surface area contributed by atoms with Crippen molar-refractivity contribution in [1.29, 1.82) is 0 Å². The van der Waals surface area contributed by atoms with Crippen LogP contribution in [0.25, 0.3) is 0 Å². The Hall–Kier alpha value is -1.61. The van der Waals surface area contributed by atoms with Crippen LogP contribution in [0.1, 0.15) is 11.1 Å². The van der Waals surface area contributed by atoms with Crippen LogP contribution in [0.2, 0.25) is 0 Å². The van der Waals surface area contributed by atoms with Crippen molar-refractivity contribution in [3.05, 3.63) is 29.3 Å². The van der Waals surface area contributed by atoms with E-state index in [1.165, 1.54) is 13.0 Å². The van der Waals surface area contributed by atoms with E-state index in [1.54, 1.807) is 19.1 Å². The minimum Gasteiger partial charge on any atom is -0.481 e. The molecule has 1 aromatic carbocycles. The number of alkyl halides is 3. The number of carboxylic acids is 1. The fraction of sp³-hybridized carbons (Fsp3) is 0.500. The Bertz CT molecular complexity index is 730. The first kappa shape index (κ1) is 17.7. The third-order valence-corrected chi connectivity index (χ3v) is 5.96. The first-order valence-electron chi connectivity index (χ1n) is 6.81. The number of carboxylic acid groups (broad SMARTS) is 1. The average Bonchev–Trinajstić information content (AvgIpc) is 2.87. The third-order valence-electron chi connectivity index (χ3n) is 3.99. The number of hydrogen-bond donors (Lipinski definition) is 1. The topological polar surface area (TPSA) is 74.7 Å². The molecule has 2 rings (SSSR count). The van der Waals surface area contributed by atoms with Gasteiger partial charge in [0.1, 0.15) is 0 Å². The first-order valence-corrected chi connectivity index (χ1v) is 8.25. The zero-order chi connectivity index (χ0) is 17.6. The monoisotopic (exact) mass is 351 g/mol. The molecule has 2 atom stereocenters. The van der Waals surface area contributed by atoms with Crippen LogP contribution in [0.4, 0.5) is 13.2 Å². The molecule has 1 aliphatic heterocycles. The Morgan fingerprint density at radius 1 is 1.26 bits per heavy atom. The van der Waals surface area contributed by atoms with Gasteiger partial charge in [0.05, 0.1) is 16.7 Å². The van der Waals surface area contributed by atoms with Crippen molar-refractivity contribution in [2.24, 2.45) is 11.8 Å². The van der Waals surface area contributed by atoms with E-state index in [2.05, 4.69) is 0 Å². The van der Waals surface area contributed by atoms with Crippen molar-refractivity contribution >= 4 is 16.0 Å². The molecule has 0 aromatic heterocycles. The number of halogens is 3. The highest BCUT2D eigenvalue weighted by Crippen LogP contribution is 2.40. The number of rotatable bonds is 3. The molecule has 1 aromatic rings. The quantitative estimate of drug-likeness (QED) is 0.906. The predicted molar refractivity (Wildman–Crippen MR) is 75.3 cm³/mol. The zero-order valence-electron chi connectivity index (χ0n) is 12.5. The average molecular weight is 351 g/mol. The Kier molecular flexibility index (Phi) is 4.46. The summed E-state index contributed by atoms with van der Waals surface area (Å²) in [7, 11) is -4.18. The van der Waals surface area contributed by atoms with Crippen LogP contribution < -0.4 is 0 Å². The van der Waals surface area contributed by atoms with Crippen molar-refractivity contribution in [2.75, 3.05) is 13.1 Å². The second-order valence-electron chi connectivity index (χ2n) is 5.68. The lowest BCUT2D eigenvalue weighted by atomic mass is 9.96. The fourth-order valence-corrected chi connectivity index (χ4v) is 4.47. The Balaban J connectivity index is 2.42. The molecule has 0 saturated carbocycles. The van der Waals surface area contributed by atoms with Crippen LogP contribution in [0.5, 0.6) is 0 Å². The molecule has 23 heavy (non-hydrogen) atoms. The summed E-state index contributed by atoms with van der Waals surface area (Å²) in [5, 5.41) is 8.98. The van der Waals surface area contributed by atoms with Gasteiger partial charge in [-0.05, 0) is 31.0 Å². The molecule has 0 bridgehead atoms. The summed E-state index contributed by atoms with van der Waals surface area (Å²) in [6.07, 6.45) is -4.77. The largest absolute Gasteiger partial charge is 0.481 e. The van der Waals surface area contributed by atoms with Crippen molar-refractivity contribution < 1.29 is 31.5 Å². The van der Waals surface area contributed by atoms with Gasteiger partial charge in [0, 0.05) is 13.1 Å². The predicted octanol–water partition coefficient (Wildman–Crippen LogP) is 2.19. The second kappa shape index (κ2) is 5.79. The molecule has 1 saturated heterocycles. The summed E-state index contributed by atoms with van der Waals surface area (Å²) in [5.41, 5.74) is 1.05. The van der Waals surface area contributed by atoms with Gasteiger partial charge < -0.3 is 5.11 Å². The maximum absolute atomic E-state index is 13.0. The maximum Gasteiger partial charge on any atom is 0.393 e. The van der Waals surface area contributed by atoms with Crippen molar-refractivity contribution in [1.82, 2.24) is 4.31 Å². The minimum atomic E-state index is -4.77. The van der Waals surface area contributed by atoms with Crippen LogP contribution in [0.3, 0.4) is 0 Å². The highest BCUT2D eigenvalue weighted by molar-refractivity contribution is 7.89. The number of aryl methyl sites for hydroxylation is 2. The number of hydrogen-bond acceptors (Lipinski definition) is 3. The van der Waals surface area contributed by atoms with Crippen molar-refractivity contribution in [3.63, 3.8) is 0 Å². The van der Waals surface area contributed by atoms with Crippen molar-refractivity contribution in [3.8, 4) is 0 Å². The fourth-order valence-electron chi connectivity index (χ4n) is 2.67. The third kappa shape index (κ3) is 3.35. The van der Waals surface area contributed by atoms with Crippen LogP contribution >= 0.6 is 0 Å². The number of carbonyl (C=O) groups is 1. The van der Waals surface area contributed by atoms with E-state index >= 15 is 0 Å². The summed E-state index contributed by atoms with van der Waals surface area (Å²) >= 11 is 0. The molecule has 0 unspecified atom stereocenters. The molecule has 0 radical (unpaired) electrons. The van der Waals surface area contributed by atoms with Gasteiger partial charge in [0.25, 0.3) is 0 Å². The Labute approximate surface area is 131 Å². The standard InChI is InChI=1S/C14H16F3NO4S/c1-8-3-4-9(2)12(5-8)23(21,22)18-6-10(13(19)20)11(7-18)14(15,16)17/h3-5,10-11H,6-7H2,1-2H3,(H,19,20)/t10-,11-/m1/s1. The lowest BCUT2D eigenvalue weighted by Crippen LogP contribution is -2.34. The number of benzene rings is 1. The van der Waals surface area contributed by atoms with Crippen LogP contribution in [-0.4, -0.2) is 43.1 Å². The molecule has 1 heterocycles. The second-order valence-corrected chi connectivity index (χ2v) is 7.59. The highest BCUT2D eigenvalue weighted by atomic mass is 32.2. The molecular formula is C14H16F3NO4S. The van der Waals surface area contributed by atoms with Crippen LogP contribution in [0, 0.1) is 25.7 Å². The SMILES string of the molecule is Cc1ccc(C)c(S(=O)(=O)N2C[C@@H](C(F)(F)F)[C@H](C(=O)O)C2)c1. The van der Waals surface area contributed by atoms with Gasteiger partial charge >= 0.3 is 12.1 Å². The van der Waals surface area contributed by atoms with E-state index in [4.69, 9.17) is 5.11 Å². The normalized spacial score (nSPS) is 23.2. The molecule has 128 valence electrons. The number of sulfonamides is 1. The maximum atomic E-state index is 13.0. The van der Waals surface area contributed by atoms with Gasteiger partial charge in [-0.25, -0.2) is 8.42 Å². The lowest BCUT2D eigenvalue weighted by Gasteiger charge is -2.19. The summed E-state index contributed by atoms with van der Waals surface area (Å²) in [6.45, 7) is 1.64. The minimum absolute atomic E-state index is 0.0931. The van der Waals surface area contributed by atoms with Crippen molar-refractivity contribution in [2.45, 2.75) is 24.9 Å². The van der Waals surface area contributed by atoms with Gasteiger partial charge in [-0.3, -0.25) is 4.79 Å². The Morgan fingerprint density at radius 3 is 2.35 bits per heavy atom. The number of aliphatic carboxylic acids is 1. The van der Waals surface area contributed by atoms with E-state index in [1.807, 2.05) is 0 Å². The zero-order valence-corrected chi connectivity index (χ0v) is 13.3. The summed E-state index contributed by atoms with van der Waals surface area (Å²) in [5.74, 6) is -5.65. The molecule has 0 aliphatic carbocycles. The molecule has 1 aliphatic rings. The highest BCUT2D eigenvalue weighted by Gasteiger charge is 2.55. The van der Waals surface area contributed by atoms with E-state index in [9.17, 15) is 26.4 Å². The Morgan fingerprint density at radius 2 is 1.87 bits per heavy atom. The molecule has 0 amide bonds. The van der Waals surface area contributed by atoms with Gasteiger partial charge in [0.2, 0.25) is 10.0 Å². The first-order chi connectivity index (χ1) is 10.4. The van der Waals surface area contributed by atoms with Gasteiger partial charge in [-0.2, -0.15) is 17.5 Å². The van der Waals surface area contributed by atoms with Gasteiger partial charge in [0.15, 0.2) is 0 Å². The molecule has 1 N–H and O–H groups in total. The van der Waals surface area contributed by atoms with Crippen LogP contribution in [-0.2, 0) is 14.8 Å². The summed E-state index contributed by atoms with van der Waals surface area (Å²) in [4.78, 5) is 11.0. The van der Waals surface area contributed by atoms with E-state index in [0.29, 0.717) is 15.4 Å². The van der Waals surface area contributed by atoms with E-state index in [-0.39, 0.29) is 4.90 Å². The van der Waals surface area contributed by atoms with Gasteiger partial charge in [-0.15, -0.1) is 0 Å². The van der Waals surface area contributed by atoms with Gasteiger partial charge in [-0.1, -0.05) is 12.1 Å². The smallest absolute Gasteiger partial charge is 0.393 e. The molecular weight excluding hydrogens is 335 g/mol. The van der Waals surface area contributed by atoms with E-state index < -0.39 is 47.1 Å². The number of nitrogens with zero attached hydrogens (tertiary/aromatic N) is 1. The molecule has 5 nitrogen and oxygen atoms in total. The van der Waals surface area contributed by atoms with Crippen LogP contribution in [0.15, 0.2) is 23.1 Å². The lowest BCUT2D eigenvalue weighted by molar-refractivity contribution is -0.187. The molecule has 0 spiro atoms.